The lowest BCUT2D eigenvalue weighted by Crippen LogP contribution is -2.10. The van der Waals surface area contributed by atoms with Crippen LogP contribution in [0.3, 0.4) is 0 Å². The van der Waals surface area contributed by atoms with Crippen LogP contribution < -0.4 is 10.5 Å². The number of nitrogens with two attached hydrogens (primary N) is 1. The molecule has 0 atom stereocenters. The summed E-state index contributed by atoms with van der Waals surface area (Å²) in [6.07, 6.45) is 1.71. The normalized spacial score (nSPS) is 10.1. The van der Waals surface area contributed by atoms with Crippen LogP contribution in [0, 0.1) is 0 Å². The van der Waals surface area contributed by atoms with E-state index in [1.54, 1.807) is 16.8 Å². The molecule has 2 rings (SSSR count). The van der Waals surface area contributed by atoms with E-state index in [1.807, 2.05) is 18.2 Å². The van der Waals surface area contributed by atoms with E-state index < -0.39 is 6.16 Å². The maximum Gasteiger partial charge on any atom is 0.513 e. The molecule has 6 heteroatoms. The van der Waals surface area contributed by atoms with Gasteiger partial charge >= 0.3 is 12.2 Å². The zero-order chi connectivity index (χ0) is 12.3. The third kappa shape index (κ3) is 2.54. The van der Waals surface area contributed by atoms with Crippen molar-refractivity contribution in [2.24, 2.45) is 0 Å². The Balaban J connectivity index is 2.22. The second kappa shape index (κ2) is 4.56. The first-order valence-electron chi connectivity index (χ1n) is 4.92. The van der Waals surface area contributed by atoms with Crippen LogP contribution in [0.4, 0.5) is 10.5 Å². The summed E-state index contributed by atoms with van der Waals surface area (Å²) in [5.74, 6) is 0. The SMILES string of the molecule is Nc1ccccc1Cn1ccnc1OC(=O)O. The van der Waals surface area contributed by atoms with E-state index in [9.17, 15) is 4.79 Å². The Hall–Kier alpha value is -2.50. The Morgan fingerprint density at radius 1 is 1.47 bits per heavy atom. The minimum absolute atomic E-state index is 0.0285. The fourth-order valence-electron chi connectivity index (χ4n) is 1.46. The lowest BCUT2D eigenvalue weighted by atomic mass is 10.2. The predicted octanol–water partition coefficient (Wildman–Crippen LogP) is 1.57. The first kappa shape index (κ1) is 11.0. The molecule has 1 aromatic carbocycles. The predicted molar refractivity (Wildman–Crippen MR) is 60.8 cm³/mol. The largest absolute Gasteiger partial charge is 0.513 e. The van der Waals surface area contributed by atoms with Crippen LogP contribution in [0.2, 0.25) is 0 Å². The van der Waals surface area contributed by atoms with Gasteiger partial charge in [0, 0.05) is 18.1 Å². The lowest BCUT2D eigenvalue weighted by molar-refractivity contribution is 0.138. The van der Waals surface area contributed by atoms with Crippen molar-refractivity contribution in [2.75, 3.05) is 5.73 Å². The van der Waals surface area contributed by atoms with Crippen molar-refractivity contribution in [1.29, 1.82) is 0 Å². The maximum atomic E-state index is 10.4. The van der Waals surface area contributed by atoms with Gasteiger partial charge in [0.05, 0.1) is 6.54 Å². The molecule has 0 aliphatic rings. The van der Waals surface area contributed by atoms with Gasteiger partial charge < -0.3 is 15.6 Å². The molecule has 2 aromatic rings. The number of rotatable bonds is 3. The van der Waals surface area contributed by atoms with Crippen LogP contribution in [0.5, 0.6) is 6.01 Å². The Kier molecular flexibility index (Phi) is 2.95. The Morgan fingerprint density at radius 2 is 2.24 bits per heavy atom. The third-order valence-electron chi connectivity index (χ3n) is 2.25. The first-order chi connectivity index (χ1) is 8.16. The fourth-order valence-corrected chi connectivity index (χ4v) is 1.46. The number of ether oxygens (including phenoxy) is 1. The van der Waals surface area contributed by atoms with E-state index >= 15 is 0 Å². The topological polar surface area (TPSA) is 90.4 Å². The van der Waals surface area contributed by atoms with Crippen LogP contribution in [0.15, 0.2) is 36.7 Å². The van der Waals surface area contributed by atoms with E-state index in [1.165, 1.54) is 6.20 Å². The number of nitrogens with zero attached hydrogens (tertiary/aromatic N) is 2. The molecule has 0 amide bonds. The summed E-state index contributed by atoms with van der Waals surface area (Å²) in [5, 5.41) is 8.53. The van der Waals surface area contributed by atoms with E-state index in [-0.39, 0.29) is 6.01 Å². The third-order valence-corrected chi connectivity index (χ3v) is 2.25. The Labute approximate surface area is 97.3 Å². The summed E-state index contributed by atoms with van der Waals surface area (Å²) in [6, 6.07) is 7.37. The molecule has 0 saturated carbocycles. The summed E-state index contributed by atoms with van der Waals surface area (Å²) in [4.78, 5) is 14.2. The molecule has 0 unspecified atom stereocenters. The van der Waals surface area contributed by atoms with Crippen molar-refractivity contribution >= 4 is 11.8 Å². The molecule has 3 N–H and O–H groups in total. The highest BCUT2D eigenvalue weighted by molar-refractivity contribution is 5.59. The van der Waals surface area contributed by atoms with Gasteiger partial charge in [0.15, 0.2) is 0 Å². The van der Waals surface area contributed by atoms with Crippen LogP contribution in [0.1, 0.15) is 5.56 Å². The molecule has 6 nitrogen and oxygen atoms in total. The number of nitrogen functional groups attached to an aromatic ring is 1. The molecule has 0 aliphatic carbocycles. The van der Waals surface area contributed by atoms with Gasteiger partial charge in [0.2, 0.25) is 0 Å². The molecule has 0 spiro atoms. The van der Waals surface area contributed by atoms with Gasteiger partial charge in [-0.25, -0.2) is 9.78 Å². The average molecular weight is 233 g/mol. The minimum Gasteiger partial charge on any atom is -0.449 e. The van der Waals surface area contributed by atoms with Crippen molar-refractivity contribution in [1.82, 2.24) is 9.55 Å². The van der Waals surface area contributed by atoms with Crippen LogP contribution in [-0.2, 0) is 6.54 Å². The van der Waals surface area contributed by atoms with Gasteiger partial charge in [0.1, 0.15) is 0 Å². The van der Waals surface area contributed by atoms with Crippen molar-refractivity contribution in [3.8, 4) is 6.01 Å². The number of benzene rings is 1. The fraction of sp³-hybridized carbons (Fsp3) is 0.0909. The summed E-state index contributed by atoms with van der Waals surface area (Å²) in [5.41, 5.74) is 7.31. The highest BCUT2D eigenvalue weighted by Crippen LogP contribution is 2.16. The van der Waals surface area contributed by atoms with E-state index in [2.05, 4.69) is 9.72 Å². The van der Waals surface area contributed by atoms with Crippen molar-refractivity contribution in [2.45, 2.75) is 6.54 Å². The van der Waals surface area contributed by atoms with Gasteiger partial charge in [-0.05, 0) is 11.6 Å². The molecule has 1 heterocycles. The van der Waals surface area contributed by atoms with Gasteiger partial charge in [-0.15, -0.1) is 0 Å². The highest BCUT2D eigenvalue weighted by atomic mass is 16.7. The van der Waals surface area contributed by atoms with Gasteiger partial charge in [-0.2, -0.15) is 0 Å². The summed E-state index contributed by atoms with van der Waals surface area (Å²) in [7, 11) is 0. The summed E-state index contributed by atoms with van der Waals surface area (Å²) in [6.45, 7) is 0.412. The number of aromatic nitrogens is 2. The van der Waals surface area contributed by atoms with Crippen molar-refractivity contribution in [3.63, 3.8) is 0 Å². The summed E-state index contributed by atoms with van der Waals surface area (Å²) < 4.78 is 6.09. The molecule has 0 radical (unpaired) electrons. The molecular formula is C11H11N3O3. The number of carboxylic acid groups (broad SMARTS) is 1. The molecule has 0 saturated heterocycles. The van der Waals surface area contributed by atoms with Crippen molar-refractivity contribution < 1.29 is 14.6 Å². The molecule has 0 fully saturated rings. The van der Waals surface area contributed by atoms with E-state index in [4.69, 9.17) is 10.8 Å². The number of para-hydroxylation sites is 1. The number of imidazole rings is 1. The van der Waals surface area contributed by atoms with E-state index in [0.29, 0.717) is 12.2 Å². The molecule has 88 valence electrons. The second-order valence-corrected chi connectivity index (χ2v) is 3.40. The number of hydrogen-bond donors (Lipinski definition) is 2. The zero-order valence-electron chi connectivity index (χ0n) is 8.91. The second-order valence-electron chi connectivity index (χ2n) is 3.40. The smallest absolute Gasteiger partial charge is 0.449 e. The van der Waals surface area contributed by atoms with E-state index in [0.717, 1.165) is 5.56 Å². The van der Waals surface area contributed by atoms with Crippen molar-refractivity contribution in [3.05, 3.63) is 42.2 Å². The maximum absolute atomic E-state index is 10.4. The van der Waals surface area contributed by atoms with Crippen LogP contribution in [-0.4, -0.2) is 20.8 Å². The molecule has 0 aliphatic heterocycles. The average Bonchev–Trinajstić information content (AvgIpc) is 2.68. The first-order valence-corrected chi connectivity index (χ1v) is 4.92. The molecule has 0 bridgehead atoms. The molecule has 1 aromatic heterocycles. The monoisotopic (exact) mass is 233 g/mol. The molecule has 17 heavy (non-hydrogen) atoms. The number of anilines is 1. The molecular weight excluding hydrogens is 222 g/mol. The Morgan fingerprint density at radius 3 is 2.94 bits per heavy atom. The van der Waals surface area contributed by atoms with Crippen LogP contribution in [0.25, 0.3) is 0 Å². The number of carbonyl (C=O) groups is 1. The van der Waals surface area contributed by atoms with Gasteiger partial charge in [0.25, 0.3) is 0 Å². The highest BCUT2D eigenvalue weighted by Gasteiger charge is 2.09. The van der Waals surface area contributed by atoms with Gasteiger partial charge in [-0.1, -0.05) is 18.2 Å². The summed E-state index contributed by atoms with van der Waals surface area (Å²) >= 11 is 0. The minimum atomic E-state index is -1.39. The standard InChI is InChI=1S/C11H11N3O3/c12-9-4-2-1-3-8(9)7-14-6-5-13-10(14)17-11(15)16/h1-6H,7,12H2,(H,15,16). The quantitative estimate of drug-likeness (QED) is 0.620. The lowest BCUT2D eigenvalue weighted by Gasteiger charge is -2.08. The van der Waals surface area contributed by atoms with Gasteiger partial charge in [-0.3, -0.25) is 4.57 Å². The zero-order valence-corrected chi connectivity index (χ0v) is 8.91. The number of hydrogen-bond acceptors (Lipinski definition) is 4. The Bertz CT molecular complexity index is 536. The van der Waals surface area contributed by atoms with Crippen LogP contribution >= 0.6 is 0 Å².